The highest BCUT2D eigenvalue weighted by molar-refractivity contribution is 14.1. The van der Waals surface area contributed by atoms with Crippen LogP contribution in [0.25, 0.3) is 0 Å². The van der Waals surface area contributed by atoms with E-state index in [1.165, 1.54) is 0 Å². The number of benzene rings is 2. The summed E-state index contributed by atoms with van der Waals surface area (Å²) < 4.78 is 6.69. The number of aryl methyl sites for hydroxylation is 1. The van der Waals surface area contributed by atoms with Gasteiger partial charge in [-0.3, -0.25) is 4.79 Å². The van der Waals surface area contributed by atoms with E-state index in [9.17, 15) is 4.79 Å². The van der Waals surface area contributed by atoms with Crippen molar-refractivity contribution in [2.24, 2.45) is 0 Å². The summed E-state index contributed by atoms with van der Waals surface area (Å²) in [4.78, 5) is 12.2. The van der Waals surface area contributed by atoms with Gasteiger partial charge in [0.2, 0.25) is 0 Å². The largest absolute Gasteiger partial charge is 0.481 e. The monoisotopic (exact) mass is 415 g/mol. The second-order valence-electron chi connectivity index (χ2n) is 4.64. The summed E-state index contributed by atoms with van der Waals surface area (Å²) in [6, 6.07) is 12.9. The number of para-hydroxylation sites is 1. The molecule has 2 rings (SSSR count). The standard InChI is InChI=1S/C16H15ClINO2/c1-10-9-12(17)7-8-15(10)21-11(2)16(20)19-14-6-4-3-5-13(14)18/h3-9,11H,1-2H3,(H,19,20). The van der Waals surface area contributed by atoms with E-state index in [1.807, 2.05) is 37.3 Å². The zero-order valence-electron chi connectivity index (χ0n) is 11.7. The minimum Gasteiger partial charge on any atom is -0.481 e. The molecule has 3 nitrogen and oxygen atoms in total. The van der Waals surface area contributed by atoms with Gasteiger partial charge in [-0.05, 0) is 72.3 Å². The molecule has 0 spiro atoms. The Bertz CT molecular complexity index is 660. The molecule has 0 saturated heterocycles. The fraction of sp³-hybridized carbons (Fsp3) is 0.188. The van der Waals surface area contributed by atoms with Gasteiger partial charge in [0.25, 0.3) is 5.91 Å². The predicted molar refractivity (Wildman–Crippen MR) is 94.1 cm³/mol. The van der Waals surface area contributed by atoms with E-state index in [0.29, 0.717) is 10.8 Å². The van der Waals surface area contributed by atoms with E-state index in [2.05, 4.69) is 27.9 Å². The Balaban J connectivity index is 2.04. The fourth-order valence-corrected chi connectivity index (χ4v) is 2.53. The first kappa shape index (κ1) is 16.1. The van der Waals surface area contributed by atoms with Crippen LogP contribution in [0.4, 0.5) is 5.69 Å². The number of ether oxygens (including phenoxy) is 1. The molecule has 1 atom stereocenters. The van der Waals surface area contributed by atoms with Gasteiger partial charge in [-0.1, -0.05) is 23.7 Å². The van der Waals surface area contributed by atoms with Crippen molar-refractivity contribution in [2.45, 2.75) is 20.0 Å². The Labute approximate surface area is 142 Å². The third kappa shape index (κ3) is 4.35. The summed E-state index contributed by atoms with van der Waals surface area (Å²) in [5.41, 5.74) is 1.68. The van der Waals surface area contributed by atoms with Crippen molar-refractivity contribution < 1.29 is 9.53 Å². The van der Waals surface area contributed by atoms with Gasteiger partial charge < -0.3 is 10.1 Å². The lowest BCUT2D eigenvalue weighted by molar-refractivity contribution is -0.122. The van der Waals surface area contributed by atoms with Crippen molar-refractivity contribution in [1.82, 2.24) is 0 Å². The van der Waals surface area contributed by atoms with Gasteiger partial charge in [-0.2, -0.15) is 0 Å². The van der Waals surface area contributed by atoms with Crippen LogP contribution in [-0.4, -0.2) is 12.0 Å². The van der Waals surface area contributed by atoms with Crippen LogP contribution in [0.5, 0.6) is 5.75 Å². The number of nitrogens with one attached hydrogen (secondary N) is 1. The van der Waals surface area contributed by atoms with E-state index in [4.69, 9.17) is 16.3 Å². The van der Waals surface area contributed by atoms with E-state index >= 15 is 0 Å². The third-order valence-corrected chi connectivity index (χ3v) is 4.12. The maximum atomic E-state index is 12.2. The molecule has 0 fully saturated rings. The smallest absolute Gasteiger partial charge is 0.265 e. The van der Waals surface area contributed by atoms with Crippen molar-refractivity contribution in [3.05, 3.63) is 56.6 Å². The van der Waals surface area contributed by atoms with Gasteiger partial charge in [0, 0.05) is 8.59 Å². The first-order valence-corrected chi connectivity index (χ1v) is 7.91. The fourth-order valence-electron chi connectivity index (χ4n) is 1.79. The van der Waals surface area contributed by atoms with Crippen molar-refractivity contribution in [1.29, 1.82) is 0 Å². The molecule has 1 N–H and O–H groups in total. The lowest BCUT2D eigenvalue weighted by atomic mass is 10.2. The molecule has 0 heterocycles. The molecule has 5 heteroatoms. The van der Waals surface area contributed by atoms with Crippen molar-refractivity contribution in [3.63, 3.8) is 0 Å². The minimum atomic E-state index is -0.596. The third-order valence-electron chi connectivity index (χ3n) is 2.94. The zero-order valence-corrected chi connectivity index (χ0v) is 14.6. The summed E-state index contributed by atoms with van der Waals surface area (Å²) in [6.45, 7) is 3.62. The number of anilines is 1. The molecule has 2 aromatic rings. The van der Waals surface area contributed by atoms with Crippen LogP contribution in [0.15, 0.2) is 42.5 Å². The molecule has 21 heavy (non-hydrogen) atoms. The van der Waals surface area contributed by atoms with Crippen LogP contribution in [0.2, 0.25) is 5.02 Å². The second kappa shape index (κ2) is 7.13. The number of rotatable bonds is 4. The number of hydrogen-bond donors (Lipinski definition) is 1. The van der Waals surface area contributed by atoms with Crippen LogP contribution < -0.4 is 10.1 Å². The van der Waals surface area contributed by atoms with Crippen LogP contribution in [0.1, 0.15) is 12.5 Å². The van der Waals surface area contributed by atoms with E-state index in [1.54, 1.807) is 19.1 Å². The predicted octanol–water partition coefficient (Wildman–Crippen LogP) is 4.66. The lowest BCUT2D eigenvalue weighted by Gasteiger charge is -2.17. The quantitative estimate of drug-likeness (QED) is 0.738. The summed E-state index contributed by atoms with van der Waals surface area (Å²) in [6.07, 6.45) is -0.596. The van der Waals surface area contributed by atoms with Crippen molar-refractivity contribution >= 4 is 45.8 Å². The summed E-state index contributed by atoms with van der Waals surface area (Å²) >= 11 is 8.08. The first-order valence-electron chi connectivity index (χ1n) is 6.45. The van der Waals surface area contributed by atoms with E-state index in [-0.39, 0.29) is 5.91 Å². The van der Waals surface area contributed by atoms with Crippen LogP contribution in [0.3, 0.4) is 0 Å². The molecule has 2 aromatic carbocycles. The van der Waals surface area contributed by atoms with E-state index < -0.39 is 6.10 Å². The molecule has 0 aliphatic heterocycles. The maximum absolute atomic E-state index is 12.2. The van der Waals surface area contributed by atoms with Crippen LogP contribution in [-0.2, 0) is 4.79 Å². The molecule has 0 radical (unpaired) electrons. The Morgan fingerprint density at radius 3 is 2.67 bits per heavy atom. The number of carbonyl (C=O) groups is 1. The lowest BCUT2D eigenvalue weighted by Crippen LogP contribution is -2.30. The Morgan fingerprint density at radius 1 is 1.29 bits per heavy atom. The van der Waals surface area contributed by atoms with Gasteiger partial charge in [-0.15, -0.1) is 0 Å². The van der Waals surface area contributed by atoms with Gasteiger partial charge in [-0.25, -0.2) is 0 Å². The SMILES string of the molecule is Cc1cc(Cl)ccc1OC(C)C(=O)Nc1ccccc1I. The van der Waals surface area contributed by atoms with Gasteiger partial charge >= 0.3 is 0 Å². The Kier molecular flexibility index (Phi) is 5.47. The summed E-state index contributed by atoms with van der Waals surface area (Å²) in [7, 11) is 0. The Morgan fingerprint density at radius 2 is 2.00 bits per heavy atom. The highest BCUT2D eigenvalue weighted by Crippen LogP contribution is 2.23. The average molecular weight is 416 g/mol. The number of hydrogen-bond acceptors (Lipinski definition) is 2. The summed E-state index contributed by atoms with van der Waals surface area (Å²) in [5, 5.41) is 3.51. The number of amides is 1. The van der Waals surface area contributed by atoms with Gasteiger partial charge in [0.15, 0.2) is 6.10 Å². The van der Waals surface area contributed by atoms with E-state index in [0.717, 1.165) is 14.8 Å². The topological polar surface area (TPSA) is 38.3 Å². The minimum absolute atomic E-state index is 0.187. The zero-order chi connectivity index (χ0) is 15.4. The summed E-state index contributed by atoms with van der Waals surface area (Å²) in [5.74, 6) is 0.471. The Hall–Kier alpha value is -1.27. The molecule has 0 saturated carbocycles. The first-order chi connectivity index (χ1) is 9.97. The van der Waals surface area contributed by atoms with Crippen molar-refractivity contribution in [3.8, 4) is 5.75 Å². The molecule has 0 aromatic heterocycles. The molecule has 0 aliphatic rings. The van der Waals surface area contributed by atoms with Gasteiger partial charge in [0.1, 0.15) is 5.75 Å². The maximum Gasteiger partial charge on any atom is 0.265 e. The molecule has 1 unspecified atom stereocenters. The number of carbonyl (C=O) groups excluding carboxylic acids is 1. The molecule has 0 bridgehead atoms. The molecule has 110 valence electrons. The second-order valence-corrected chi connectivity index (χ2v) is 6.24. The molecule has 1 amide bonds. The van der Waals surface area contributed by atoms with Crippen molar-refractivity contribution in [2.75, 3.05) is 5.32 Å². The van der Waals surface area contributed by atoms with Gasteiger partial charge in [0.05, 0.1) is 5.69 Å². The molecule has 0 aliphatic carbocycles. The van der Waals surface area contributed by atoms with Crippen LogP contribution in [0, 0.1) is 10.5 Å². The normalized spacial score (nSPS) is 11.8. The number of halogens is 2. The highest BCUT2D eigenvalue weighted by Gasteiger charge is 2.16. The highest BCUT2D eigenvalue weighted by atomic mass is 127. The average Bonchev–Trinajstić information content (AvgIpc) is 2.44. The molecular formula is C16H15ClINO2. The molecular weight excluding hydrogens is 401 g/mol. The van der Waals surface area contributed by atoms with Crippen LogP contribution >= 0.6 is 34.2 Å².